The van der Waals surface area contributed by atoms with Gasteiger partial charge in [-0.25, -0.2) is 14.8 Å². The lowest BCUT2D eigenvalue weighted by atomic mass is 10.1. The van der Waals surface area contributed by atoms with Crippen molar-refractivity contribution in [2.75, 3.05) is 30.8 Å². The topological polar surface area (TPSA) is 104 Å². The maximum Gasteiger partial charge on any atom is 0.411 e. The van der Waals surface area contributed by atoms with E-state index in [9.17, 15) is 4.79 Å². The van der Waals surface area contributed by atoms with Crippen molar-refractivity contribution in [3.63, 3.8) is 0 Å². The van der Waals surface area contributed by atoms with Gasteiger partial charge in [-0.2, -0.15) is 0 Å². The number of nitrogens with zero attached hydrogens (tertiary/aromatic N) is 2. The second-order valence-electron chi connectivity index (χ2n) is 6.75. The molecule has 3 heterocycles. The van der Waals surface area contributed by atoms with Crippen molar-refractivity contribution in [3.05, 3.63) is 33.5 Å². The molecule has 152 valence electrons. The van der Waals surface area contributed by atoms with Crippen molar-refractivity contribution in [2.45, 2.75) is 18.9 Å². The van der Waals surface area contributed by atoms with Crippen LogP contribution in [0.1, 0.15) is 12.8 Å². The number of amides is 1. The normalized spacial score (nSPS) is 16.6. The van der Waals surface area contributed by atoms with Crippen LogP contribution in [0, 0.1) is 0 Å². The standard InChI is InChI=1S/C19H20Br2N6O2/c1-29-19(28)26-14-5-4-11-12(8-23-17(11)15(14)21)16-13(20)9-24-18(27-16)25-10-3-2-6-22-7-10/h4-5,8-10,22-23H,2-3,6-7H2,1H3,(H,26,28)(H,24,25,27)/t10-/m0/s1. The maximum atomic E-state index is 11.5. The van der Waals surface area contributed by atoms with Crippen molar-refractivity contribution in [1.82, 2.24) is 20.3 Å². The molecule has 0 radical (unpaired) electrons. The Morgan fingerprint density at radius 3 is 2.97 bits per heavy atom. The summed E-state index contributed by atoms with van der Waals surface area (Å²) in [5, 5.41) is 10.5. The van der Waals surface area contributed by atoms with Crippen LogP contribution >= 0.6 is 31.9 Å². The molecular formula is C19H20Br2N6O2. The summed E-state index contributed by atoms with van der Waals surface area (Å²) in [5.74, 6) is 0.606. The van der Waals surface area contributed by atoms with Gasteiger partial charge in [0, 0.05) is 35.9 Å². The number of carbonyl (C=O) groups is 1. The van der Waals surface area contributed by atoms with Gasteiger partial charge < -0.3 is 20.4 Å². The lowest BCUT2D eigenvalue weighted by Crippen LogP contribution is -2.38. The monoisotopic (exact) mass is 522 g/mol. The number of H-pyrrole nitrogens is 1. The minimum Gasteiger partial charge on any atom is -0.453 e. The summed E-state index contributed by atoms with van der Waals surface area (Å²) in [5.41, 5.74) is 3.19. The molecule has 1 fully saturated rings. The number of anilines is 2. The molecule has 0 unspecified atom stereocenters. The zero-order valence-electron chi connectivity index (χ0n) is 15.7. The highest BCUT2D eigenvalue weighted by atomic mass is 79.9. The summed E-state index contributed by atoms with van der Waals surface area (Å²) < 4.78 is 6.21. The Hall–Kier alpha value is -2.17. The van der Waals surface area contributed by atoms with Crippen molar-refractivity contribution in [2.24, 2.45) is 0 Å². The maximum absolute atomic E-state index is 11.5. The summed E-state index contributed by atoms with van der Waals surface area (Å²) in [6.45, 7) is 1.96. The van der Waals surface area contributed by atoms with E-state index in [0.717, 1.165) is 57.0 Å². The van der Waals surface area contributed by atoms with Crippen LogP contribution in [0.5, 0.6) is 0 Å². The number of aromatic amines is 1. The number of hydrogen-bond acceptors (Lipinski definition) is 6. The molecule has 0 aliphatic carbocycles. The van der Waals surface area contributed by atoms with Gasteiger partial charge in [-0.05, 0) is 57.3 Å². The smallest absolute Gasteiger partial charge is 0.411 e. The third-order valence-electron chi connectivity index (χ3n) is 4.84. The highest BCUT2D eigenvalue weighted by Gasteiger charge is 2.18. The number of hydrogen-bond donors (Lipinski definition) is 4. The summed E-state index contributed by atoms with van der Waals surface area (Å²) in [7, 11) is 1.33. The van der Waals surface area contributed by atoms with Crippen molar-refractivity contribution in [3.8, 4) is 11.3 Å². The average molecular weight is 524 g/mol. The molecule has 4 N–H and O–H groups in total. The zero-order chi connectivity index (χ0) is 20.4. The molecule has 0 spiro atoms. The van der Waals surface area contributed by atoms with Gasteiger partial charge in [0.15, 0.2) is 0 Å². The van der Waals surface area contributed by atoms with E-state index in [1.165, 1.54) is 7.11 Å². The van der Waals surface area contributed by atoms with Crippen molar-refractivity contribution in [1.29, 1.82) is 0 Å². The van der Waals surface area contributed by atoms with Gasteiger partial charge in [0.2, 0.25) is 5.95 Å². The molecule has 0 bridgehead atoms. The number of rotatable bonds is 4. The lowest BCUT2D eigenvalue weighted by Gasteiger charge is -2.23. The van der Waals surface area contributed by atoms with E-state index in [0.29, 0.717) is 17.7 Å². The first-order valence-electron chi connectivity index (χ1n) is 9.21. The highest BCUT2D eigenvalue weighted by molar-refractivity contribution is 9.11. The number of nitrogens with one attached hydrogen (secondary N) is 4. The molecule has 1 aliphatic rings. The first kappa shape index (κ1) is 20.1. The average Bonchev–Trinajstić information content (AvgIpc) is 3.17. The predicted molar refractivity (Wildman–Crippen MR) is 120 cm³/mol. The first-order chi connectivity index (χ1) is 14.1. The molecule has 10 heteroatoms. The second-order valence-corrected chi connectivity index (χ2v) is 8.39. The molecule has 1 amide bonds. The molecule has 2 aromatic heterocycles. The fourth-order valence-electron chi connectivity index (χ4n) is 3.40. The zero-order valence-corrected chi connectivity index (χ0v) is 18.9. The molecule has 1 aromatic carbocycles. The van der Waals surface area contributed by atoms with Crippen molar-refractivity contribution < 1.29 is 9.53 Å². The first-order valence-corrected chi connectivity index (χ1v) is 10.8. The number of ether oxygens (including phenoxy) is 1. The molecule has 1 aliphatic heterocycles. The highest BCUT2D eigenvalue weighted by Crippen LogP contribution is 2.38. The molecule has 8 nitrogen and oxygen atoms in total. The molecule has 1 saturated heterocycles. The summed E-state index contributed by atoms with van der Waals surface area (Å²) >= 11 is 7.13. The lowest BCUT2D eigenvalue weighted by molar-refractivity contribution is 0.187. The Bertz CT molecular complexity index is 1050. The van der Waals surface area contributed by atoms with Crippen LogP contribution in [0.15, 0.2) is 33.5 Å². The van der Waals surface area contributed by atoms with Gasteiger partial charge >= 0.3 is 6.09 Å². The number of fused-ring (bicyclic) bond motifs is 1. The number of aromatic nitrogens is 3. The predicted octanol–water partition coefficient (Wildman–Crippen LogP) is 4.49. The molecule has 4 rings (SSSR count). The third-order valence-corrected chi connectivity index (χ3v) is 6.25. The minimum absolute atomic E-state index is 0.321. The van der Waals surface area contributed by atoms with Crippen LogP contribution in [-0.4, -0.2) is 47.3 Å². The Balaban J connectivity index is 1.68. The quantitative estimate of drug-likeness (QED) is 0.401. The number of piperidine rings is 1. The van der Waals surface area contributed by atoms with Gasteiger partial charge in [-0.1, -0.05) is 6.07 Å². The molecule has 29 heavy (non-hydrogen) atoms. The van der Waals surface area contributed by atoms with Gasteiger partial charge in [0.1, 0.15) is 0 Å². The minimum atomic E-state index is -0.525. The van der Waals surface area contributed by atoms with E-state index >= 15 is 0 Å². The van der Waals surface area contributed by atoms with Gasteiger partial charge in [0.25, 0.3) is 0 Å². The Morgan fingerprint density at radius 1 is 1.34 bits per heavy atom. The Kier molecular flexibility index (Phi) is 6.02. The van der Waals surface area contributed by atoms with Crippen LogP contribution in [0.4, 0.5) is 16.4 Å². The van der Waals surface area contributed by atoms with Gasteiger partial charge in [-0.3, -0.25) is 5.32 Å². The van der Waals surface area contributed by atoms with E-state index < -0.39 is 6.09 Å². The van der Waals surface area contributed by atoms with Crippen LogP contribution in [0.25, 0.3) is 22.2 Å². The van der Waals surface area contributed by atoms with E-state index in [4.69, 9.17) is 4.98 Å². The summed E-state index contributed by atoms with van der Waals surface area (Å²) in [6, 6.07) is 4.08. The molecule has 0 saturated carbocycles. The van der Waals surface area contributed by atoms with E-state index in [2.05, 4.69) is 62.5 Å². The fourth-order valence-corrected chi connectivity index (χ4v) is 4.36. The SMILES string of the molecule is COC(=O)Nc1ccc2c(-c3nc(N[C@H]4CCCNC4)ncc3Br)c[nH]c2c1Br. The van der Waals surface area contributed by atoms with E-state index in [-0.39, 0.29) is 0 Å². The van der Waals surface area contributed by atoms with Crippen LogP contribution in [0.3, 0.4) is 0 Å². The Labute approximate surface area is 184 Å². The number of carbonyl (C=O) groups excluding carboxylic acids is 1. The summed E-state index contributed by atoms with van der Waals surface area (Å²) in [4.78, 5) is 24.0. The number of methoxy groups -OCH3 is 1. The van der Waals surface area contributed by atoms with Crippen LogP contribution in [0.2, 0.25) is 0 Å². The number of benzene rings is 1. The molecule has 1 atom stereocenters. The molecule has 3 aromatic rings. The van der Waals surface area contributed by atoms with E-state index in [1.54, 1.807) is 6.20 Å². The van der Waals surface area contributed by atoms with Crippen LogP contribution in [-0.2, 0) is 4.74 Å². The summed E-state index contributed by atoms with van der Waals surface area (Å²) in [6.07, 6.45) is 5.37. The second kappa shape index (κ2) is 8.68. The fraction of sp³-hybridized carbons (Fsp3) is 0.316. The molecular weight excluding hydrogens is 504 g/mol. The number of halogens is 2. The van der Waals surface area contributed by atoms with Gasteiger partial charge in [-0.15, -0.1) is 0 Å². The van der Waals surface area contributed by atoms with Gasteiger partial charge in [0.05, 0.1) is 33.0 Å². The Morgan fingerprint density at radius 2 is 2.21 bits per heavy atom. The van der Waals surface area contributed by atoms with E-state index in [1.807, 2.05) is 18.3 Å². The third kappa shape index (κ3) is 4.24. The largest absolute Gasteiger partial charge is 0.453 e. The van der Waals surface area contributed by atoms with Crippen molar-refractivity contribution >= 4 is 60.5 Å². The van der Waals surface area contributed by atoms with Crippen LogP contribution < -0.4 is 16.0 Å².